The Labute approximate surface area is 103 Å². The molecule has 4 heteroatoms. The third-order valence-electron chi connectivity index (χ3n) is 2.17. The summed E-state index contributed by atoms with van der Waals surface area (Å²) in [4.78, 5) is 4.14. The van der Waals surface area contributed by atoms with Gasteiger partial charge in [0.1, 0.15) is 11.6 Å². The van der Waals surface area contributed by atoms with Crippen LogP contribution >= 0.6 is 11.6 Å². The maximum atomic E-state index is 12.7. The molecule has 0 spiro atoms. The second-order valence-corrected chi connectivity index (χ2v) is 3.87. The maximum absolute atomic E-state index is 12.7. The van der Waals surface area contributed by atoms with Crippen molar-refractivity contribution >= 4 is 23.5 Å². The smallest absolute Gasteiger partial charge is 0.127 e. The SMILES string of the molecule is Oc1cc(F)ccc1C=Nc1ccc(Cl)cc1. The van der Waals surface area contributed by atoms with Crippen molar-refractivity contribution in [2.24, 2.45) is 4.99 Å². The lowest BCUT2D eigenvalue weighted by molar-refractivity contribution is 0.468. The van der Waals surface area contributed by atoms with E-state index in [0.29, 0.717) is 16.3 Å². The van der Waals surface area contributed by atoms with Crippen LogP contribution in [-0.2, 0) is 0 Å². The molecule has 0 saturated carbocycles. The third-order valence-corrected chi connectivity index (χ3v) is 2.42. The van der Waals surface area contributed by atoms with Gasteiger partial charge in [0.05, 0.1) is 5.69 Å². The first kappa shape index (κ1) is 11.6. The predicted molar refractivity (Wildman–Crippen MR) is 66.8 cm³/mol. The Morgan fingerprint density at radius 3 is 2.47 bits per heavy atom. The van der Waals surface area contributed by atoms with E-state index in [1.54, 1.807) is 24.3 Å². The topological polar surface area (TPSA) is 32.6 Å². The van der Waals surface area contributed by atoms with E-state index in [2.05, 4.69) is 4.99 Å². The number of hydrogen-bond acceptors (Lipinski definition) is 2. The summed E-state index contributed by atoms with van der Waals surface area (Å²) in [5.74, 6) is -0.617. The van der Waals surface area contributed by atoms with Crippen molar-refractivity contribution in [1.29, 1.82) is 0 Å². The quantitative estimate of drug-likeness (QED) is 0.804. The van der Waals surface area contributed by atoms with Crippen LogP contribution in [0, 0.1) is 5.82 Å². The second-order valence-electron chi connectivity index (χ2n) is 3.44. The minimum atomic E-state index is -0.480. The van der Waals surface area contributed by atoms with Crippen molar-refractivity contribution in [2.45, 2.75) is 0 Å². The number of phenolic OH excluding ortho intramolecular Hbond substituents is 1. The first-order valence-electron chi connectivity index (χ1n) is 4.93. The molecule has 2 aromatic rings. The molecule has 2 nitrogen and oxygen atoms in total. The summed E-state index contributed by atoms with van der Waals surface area (Å²) in [6.45, 7) is 0. The normalized spacial score (nSPS) is 10.9. The van der Waals surface area contributed by atoms with Gasteiger partial charge in [0.15, 0.2) is 0 Å². The summed E-state index contributed by atoms with van der Waals surface area (Å²) < 4.78 is 12.7. The molecule has 17 heavy (non-hydrogen) atoms. The predicted octanol–water partition coefficient (Wildman–Crippen LogP) is 3.94. The zero-order chi connectivity index (χ0) is 12.3. The Kier molecular flexibility index (Phi) is 3.40. The molecule has 0 aliphatic rings. The number of hydrogen-bond donors (Lipinski definition) is 1. The molecule has 2 rings (SSSR count). The second kappa shape index (κ2) is 4.97. The Morgan fingerprint density at radius 1 is 1.12 bits per heavy atom. The van der Waals surface area contributed by atoms with Gasteiger partial charge in [0.25, 0.3) is 0 Å². The minimum Gasteiger partial charge on any atom is -0.507 e. The van der Waals surface area contributed by atoms with Crippen molar-refractivity contribution in [3.8, 4) is 5.75 Å². The zero-order valence-electron chi connectivity index (χ0n) is 8.77. The molecule has 86 valence electrons. The fourth-order valence-corrected chi connectivity index (χ4v) is 1.42. The fraction of sp³-hybridized carbons (Fsp3) is 0. The fourth-order valence-electron chi connectivity index (χ4n) is 1.30. The number of benzene rings is 2. The van der Waals surface area contributed by atoms with Crippen LogP contribution in [0.4, 0.5) is 10.1 Å². The van der Waals surface area contributed by atoms with Gasteiger partial charge in [-0.25, -0.2) is 4.39 Å². The zero-order valence-corrected chi connectivity index (χ0v) is 9.53. The van der Waals surface area contributed by atoms with Crippen LogP contribution in [0.1, 0.15) is 5.56 Å². The summed E-state index contributed by atoms with van der Waals surface area (Å²) in [7, 11) is 0. The van der Waals surface area contributed by atoms with E-state index >= 15 is 0 Å². The van der Waals surface area contributed by atoms with Crippen LogP contribution in [0.2, 0.25) is 5.02 Å². The highest BCUT2D eigenvalue weighted by Gasteiger charge is 1.99. The molecule has 0 fully saturated rings. The molecule has 0 bridgehead atoms. The van der Waals surface area contributed by atoms with Crippen molar-refractivity contribution in [3.05, 3.63) is 58.9 Å². The van der Waals surface area contributed by atoms with Crippen LogP contribution in [-0.4, -0.2) is 11.3 Å². The Hall–Kier alpha value is -1.87. The Morgan fingerprint density at radius 2 is 1.82 bits per heavy atom. The number of aliphatic imine (C=N–C) groups is 1. The Bertz CT molecular complexity index is 552. The van der Waals surface area contributed by atoms with Gasteiger partial charge in [-0.15, -0.1) is 0 Å². The summed E-state index contributed by atoms with van der Waals surface area (Å²) >= 11 is 5.74. The maximum Gasteiger partial charge on any atom is 0.127 e. The summed E-state index contributed by atoms with van der Waals surface area (Å²) in [5.41, 5.74) is 1.17. The van der Waals surface area contributed by atoms with Gasteiger partial charge < -0.3 is 5.11 Å². The van der Waals surface area contributed by atoms with Crippen LogP contribution < -0.4 is 0 Å². The molecule has 0 atom stereocenters. The van der Waals surface area contributed by atoms with Gasteiger partial charge in [-0.1, -0.05) is 11.6 Å². The molecule has 0 saturated heterocycles. The lowest BCUT2D eigenvalue weighted by atomic mass is 10.2. The summed E-state index contributed by atoms with van der Waals surface area (Å²) in [6.07, 6.45) is 1.47. The number of aromatic hydroxyl groups is 1. The summed E-state index contributed by atoms with van der Waals surface area (Å²) in [5, 5.41) is 10.1. The highest BCUT2D eigenvalue weighted by atomic mass is 35.5. The number of nitrogens with zero attached hydrogens (tertiary/aromatic N) is 1. The average Bonchev–Trinajstić information content (AvgIpc) is 2.30. The molecule has 1 N–H and O–H groups in total. The number of halogens is 2. The van der Waals surface area contributed by atoms with Crippen LogP contribution in [0.25, 0.3) is 0 Å². The largest absolute Gasteiger partial charge is 0.507 e. The molecule has 2 aromatic carbocycles. The lowest BCUT2D eigenvalue weighted by Gasteiger charge is -1.98. The monoisotopic (exact) mass is 249 g/mol. The molecule has 0 heterocycles. The van der Waals surface area contributed by atoms with E-state index in [4.69, 9.17) is 11.6 Å². The molecule has 0 amide bonds. The molecule has 0 aromatic heterocycles. The number of rotatable bonds is 2. The van der Waals surface area contributed by atoms with Crippen molar-refractivity contribution in [3.63, 3.8) is 0 Å². The molecular weight excluding hydrogens is 241 g/mol. The van der Waals surface area contributed by atoms with E-state index < -0.39 is 5.82 Å². The van der Waals surface area contributed by atoms with Crippen LogP contribution in [0.3, 0.4) is 0 Å². The van der Waals surface area contributed by atoms with Crippen molar-refractivity contribution in [2.75, 3.05) is 0 Å². The minimum absolute atomic E-state index is 0.136. The first-order valence-corrected chi connectivity index (χ1v) is 5.31. The molecule has 0 aliphatic carbocycles. The lowest BCUT2D eigenvalue weighted by Crippen LogP contribution is -1.83. The highest BCUT2D eigenvalue weighted by molar-refractivity contribution is 6.30. The van der Waals surface area contributed by atoms with Gasteiger partial charge >= 0.3 is 0 Å². The summed E-state index contributed by atoms with van der Waals surface area (Å²) in [6, 6.07) is 10.7. The van der Waals surface area contributed by atoms with Gasteiger partial charge in [-0.05, 0) is 36.4 Å². The standard InChI is InChI=1S/C13H9ClFNO/c14-10-2-5-12(6-3-10)16-8-9-1-4-11(15)7-13(9)17/h1-8,17H. The average molecular weight is 250 g/mol. The molecule has 0 aliphatic heterocycles. The molecule has 0 radical (unpaired) electrons. The number of phenols is 1. The molecule has 0 unspecified atom stereocenters. The van der Waals surface area contributed by atoms with E-state index in [1.807, 2.05) is 0 Å². The van der Waals surface area contributed by atoms with Crippen molar-refractivity contribution < 1.29 is 9.50 Å². The first-order chi connectivity index (χ1) is 8.15. The van der Waals surface area contributed by atoms with Gasteiger partial charge in [0.2, 0.25) is 0 Å². The van der Waals surface area contributed by atoms with Gasteiger partial charge in [-0.2, -0.15) is 0 Å². The molecular formula is C13H9ClFNO. The van der Waals surface area contributed by atoms with Crippen LogP contribution in [0.15, 0.2) is 47.5 Å². The highest BCUT2D eigenvalue weighted by Crippen LogP contribution is 2.19. The van der Waals surface area contributed by atoms with Gasteiger partial charge in [-0.3, -0.25) is 4.99 Å². The van der Waals surface area contributed by atoms with Crippen LogP contribution in [0.5, 0.6) is 5.75 Å². The van der Waals surface area contributed by atoms with E-state index in [-0.39, 0.29) is 5.75 Å². The van der Waals surface area contributed by atoms with Gasteiger partial charge in [0, 0.05) is 22.9 Å². The van der Waals surface area contributed by atoms with Crippen molar-refractivity contribution in [1.82, 2.24) is 0 Å². The Balaban J connectivity index is 2.23. The van der Waals surface area contributed by atoms with E-state index in [9.17, 15) is 9.50 Å². The van der Waals surface area contributed by atoms with E-state index in [1.165, 1.54) is 18.3 Å². The third kappa shape index (κ3) is 3.04. The van der Waals surface area contributed by atoms with E-state index in [0.717, 1.165) is 6.07 Å².